The zero-order valence-electron chi connectivity index (χ0n) is 34.0. The van der Waals surface area contributed by atoms with E-state index >= 15 is 0 Å². The maximum Gasteiger partial charge on any atom is 0.164 e. The van der Waals surface area contributed by atoms with Crippen LogP contribution < -0.4 is 29.2 Å². The average molecular weight is 754 g/mol. The fraction of sp³-hybridized carbons (Fsp3) is 0.429. The molecule has 294 valence electrons. The summed E-state index contributed by atoms with van der Waals surface area (Å²) in [5.74, 6) is 4.77. The molecule has 1 atom stereocenters. The number of benzene rings is 4. The summed E-state index contributed by atoms with van der Waals surface area (Å²) in [6.07, 6.45) is 16.6. The van der Waals surface area contributed by atoms with E-state index in [1.54, 1.807) is 28.4 Å². The molecule has 7 heteroatoms. The first-order valence-electron chi connectivity index (χ1n) is 20.7. The molecule has 3 fully saturated rings. The summed E-state index contributed by atoms with van der Waals surface area (Å²) >= 11 is 0. The predicted octanol–water partition coefficient (Wildman–Crippen LogP) is 10.5. The Morgan fingerprint density at radius 2 is 1.45 bits per heavy atom. The number of piperidine rings is 1. The largest absolute Gasteiger partial charge is 0.497 e. The minimum Gasteiger partial charge on any atom is -0.497 e. The first-order valence-corrected chi connectivity index (χ1v) is 20.7. The molecule has 2 aliphatic heterocycles. The van der Waals surface area contributed by atoms with Crippen LogP contribution in [0.25, 0.3) is 11.1 Å². The predicted molar refractivity (Wildman–Crippen MR) is 228 cm³/mol. The highest BCUT2D eigenvalue weighted by molar-refractivity contribution is 5.70. The molecule has 2 heterocycles. The fourth-order valence-electron chi connectivity index (χ4n) is 9.22. The van der Waals surface area contributed by atoms with Crippen molar-refractivity contribution < 1.29 is 18.9 Å². The van der Waals surface area contributed by atoms with E-state index in [2.05, 4.69) is 113 Å². The Morgan fingerprint density at radius 3 is 2.11 bits per heavy atom. The van der Waals surface area contributed by atoms with Crippen molar-refractivity contribution in [1.29, 1.82) is 0 Å². The van der Waals surface area contributed by atoms with Crippen LogP contribution >= 0.6 is 0 Å². The number of ether oxygens (including phenoxy) is 4. The van der Waals surface area contributed by atoms with E-state index in [0.29, 0.717) is 17.9 Å². The Bertz CT molecular complexity index is 2040. The van der Waals surface area contributed by atoms with E-state index in [9.17, 15) is 0 Å². The van der Waals surface area contributed by atoms with Crippen LogP contribution in [0.2, 0.25) is 0 Å². The number of anilines is 1. The van der Waals surface area contributed by atoms with Crippen molar-refractivity contribution in [3.05, 3.63) is 125 Å². The molecule has 7 nitrogen and oxygen atoms in total. The molecule has 4 aliphatic rings. The Labute approximate surface area is 334 Å². The second kappa shape index (κ2) is 17.1. The molecule has 2 saturated carbocycles. The lowest BCUT2D eigenvalue weighted by Gasteiger charge is -2.40. The van der Waals surface area contributed by atoms with Gasteiger partial charge in [-0.3, -0.25) is 4.90 Å². The van der Waals surface area contributed by atoms with E-state index < -0.39 is 0 Å². The van der Waals surface area contributed by atoms with Crippen LogP contribution in [0.4, 0.5) is 5.69 Å². The van der Waals surface area contributed by atoms with E-state index in [1.165, 1.54) is 88.7 Å². The average Bonchev–Trinajstić information content (AvgIpc) is 3.19. The quantitative estimate of drug-likeness (QED) is 0.138. The van der Waals surface area contributed by atoms with Crippen LogP contribution in [0.3, 0.4) is 0 Å². The number of methoxy groups -OCH3 is 4. The molecule has 4 aromatic carbocycles. The first-order chi connectivity index (χ1) is 27.4. The van der Waals surface area contributed by atoms with Gasteiger partial charge in [0.1, 0.15) is 11.5 Å². The van der Waals surface area contributed by atoms with Crippen LogP contribution in [0.1, 0.15) is 97.1 Å². The van der Waals surface area contributed by atoms with E-state index in [0.717, 1.165) is 62.0 Å². The molecule has 0 bridgehead atoms. The zero-order valence-corrected chi connectivity index (χ0v) is 34.0. The van der Waals surface area contributed by atoms with Gasteiger partial charge in [0.05, 0.1) is 34.5 Å². The Morgan fingerprint density at radius 1 is 0.714 bits per heavy atom. The minimum atomic E-state index is 0.144. The second-order valence-electron chi connectivity index (χ2n) is 16.2. The molecule has 1 unspecified atom stereocenters. The van der Waals surface area contributed by atoms with Gasteiger partial charge in [0.15, 0.2) is 11.5 Å². The van der Waals surface area contributed by atoms with Gasteiger partial charge in [0, 0.05) is 43.5 Å². The highest BCUT2D eigenvalue weighted by Gasteiger charge is 2.29. The highest BCUT2D eigenvalue weighted by atomic mass is 16.5. The summed E-state index contributed by atoms with van der Waals surface area (Å²) in [5.41, 5.74) is 11.6. The first kappa shape index (κ1) is 38.0. The van der Waals surface area contributed by atoms with Crippen molar-refractivity contribution in [2.75, 3.05) is 53.0 Å². The smallest absolute Gasteiger partial charge is 0.164 e. The van der Waals surface area contributed by atoms with Crippen LogP contribution in [-0.2, 0) is 6.54 Å². The highest BCUT2D eigenvalue weighted by Crippen LogP contribution is 2.47. The van der Waals surface area contributed by atoms with Crippen LogP contribution in [-0.4, -0.2) is 59.0 Å². The van der Waals surface area contributed by atoms with Crippen molar-refractivity contribution in [3.63, 3.8) is 0 Å². The molecule has 4 aromatic rings. The maximum atomic E-state index is 5.87. The molecule has 2 aliphatic carbocycles. The number of likely N-dealkylation sites (tertiary alicyclic amines) is 1. The van der Waals surface area contributed by atoms with Crippen molar-refractivity contribution in [1.82, 2.24) is 10.2 Å². The van der Waals surface area contributed by atoms with Gasteiger partial charge in [-0.1, -0.05) is 43.2 Å². The molecule has 1 N–H and O–H groups in total. The third-order valence-corrected chi connectivity index (χ3v) is 13.0. The molecular weight excluding hydrogens is 695 g/mol. The molecular formula is C49H59N3O4. The number of rotatable bonds is 14. The lowest BCUT2D eigenvalue weighted by atomic mass is 9.77. The van der Waals surface area contributed by atoms with Gasteiger partial charge < -0.3 is 29.2 Å². The SMILES string of the molecule is COc1ccc(N(Cc2cccc(-c3cc(OC)c(OC)c(C4CCC4)c3)c2)C2CCN(CC3=CC(c4cc(OC)c(C)c(C5CCC5)c4)NC=C3)CC2)cc1. The summed E-state index contributed by atoms with van der Waals surface area (Å²) in [5, 5.41) is 3.63. The Balaban J connectivity index is 0.983. The van der Waals surface area contributed by atoms with Gasteiger partial charge in [0.25, 0.3) is 0 Å². The van der Waals surface area contributed by atoms with E-state index in [4.69, 9.17) is 18.9 Å². The monoisotopic (exact) mass is 753 g/mol. The molecule has 56 heavy (non-hydrogen) atoms. The molecule has 0 amide bonds. The van der Waals surface area contributed by atoms with Gasteiger partial charge in [-0.15, -0.1) is 0 Å². The number of nitrogens with zero attached hydrogens (tertiary/aromatic N) is 2. The van der Waals surface area contributed by atoms with Crippen molar-refractivity contribution in [2.24, 2.45) is 0 Å². The number of dihydropyridines is 1. The molecule has 1 saturated heterocycles. The fourth-order valence-corrected chi connectivity index (χ4v) is 9.22. The minimum absolute atomic E-state index is 0.144. The topological polar surface area (TPSA) is 55.4 Å². The standard InChI is InChI=1S/C49H59N3O4/c1-33-44(36-10-7-11-36)28-40(30-47(33)54-3)46-26-35(19-22-50-46)31-51-23-20-42(21-24-51)52(41-15-17-43(53-2)18-16-41)32-34-9-6-14-38(25-34)39-27-45(37-12-8-13-37)49(56-5)48(29-39)55-4/h6,9,14-19,22,25-30,36-37,42,46,50H,7-8,10-13,20-21,23-24,31-32H2,1-5H3. The summed E-state index contributed by atoms with van der Waals surface area (Å²) < 4.78 is 23.1. The molecule has 8 rings (SSSR count). The summed E-state index contributed by atoms with van der Waals surface area (Å²) in [7, 11) is 7.03. The van der Waals surface area contributed by atoms with Gasteiger partial charge in [-0.25, -0.2) is 0 Å². The van der Waals surface area contributed by atoms with Crippen molar-refractivity contribution >= 4 is 5.69 Å². The third kappa shape index (κ3) is 8.02. The van der Waals surface area contributed by atoms with E-state index in [1.807, 2.05) is 0 Å². The van der Waals surface area contributed by atoms with Crippen LogP contribution in [0.15, 0.2) is 96.7 Å². The maximum absolute atomic E-state index is 5.87. The normalized spacial score (nSPS) is 19.0. The van der Waals surface area contributed by atoms with Crippen LogP contribution in [0.5, 0.6) is 23.0 Å². The summed E-state index contributed by atoms with van der Waals surface area (Å²) in [6, 6.07) is 27.4. The lowest BCUT2D eigenvalue weighted by Crippen LogP contribution is -2.45. The van der Waals surface area contributed by atoms with Gasteiger partial charge in [0.2, 0.25) is 0 Å². The van der Waals surface area contributed by atoms with Crippen LogP contribution in [0, 0.1) is 6.92 Å². The summed E-state index contributed by atoms with van der Waals surface area (Å²) in [6.45, 7) is 6.12. The van der Waals surface area contributed by atoms with Crippen molar-refractivity contribution in [3.8, 4) is 34.1 Å². The second-order valence-corrected chi connectivity index (χ2v) is 16.2. The van der Waals surface area contributed by atoms with Gasteiger partial charge in [-0.2, -0.15) is 0 Å². The third-order valence-electron chi connectivity index (χ3n) is 13.0. The van der Waals surface area contributed by atoms with E-state index in [-0.39, 0.29) is 6.04 Å². The Kier molecular flexibility index (Phi) is 11.6. The van der Waals surface area contributed by atoms with Gasteiger partial charge in [-0.05, 0) is 157 Å². The lowest BCUT2D eigenvalue weighted by molar-refractivity contribution is 0.224. The molecule has 0 radical (unpaired) electrons. The Hall–Kier alpha value is -4.88. The number of nitrogens with one attached hydrogen (secondary N) is 1. The number of hydrogen-bond donors (Lipinski definition) is 1. The summed E-state index contributed by atoms with van der Waals surface area (Å²) in [4.78, 5) is 5.25. The zero-order chi connectivity index (χ0) is 38.6. The van der Waals surface area contributed by atoms with Crippen molar-refractivity contribution in [2.45, 2.75) is 88.8 Å². The van der Waals surface area contributed by atoms with Gasteiger partial charge >= 0.3 is 0 Å². The molecule has 0 aromatic heterocycles. The molecule has 0 spiro atoms. The number of hydrogen-bond acceptors (Lipinski definition) is 7.